The van der Waals surface area contributed by atoms with Crippen LogP contribution < -0.4 is 5.32 Å². The van der Waals surface area contributed by atoms with Gasteiger partial charge in [0.1, 0.15) is 5.01 Å². The molecule has 0 unspecified atom stereocenters. The normalized spacial score (nSPS) is 10.6. The predicted octanol–water partition coefficient (Wildman–Crippen LogP) is 4.58. The van der Waals surface area contributed by atoms with Gasteiger partial charge in [-0.2, -0.15) is 0 Å². The van der Waals surface area contributed by atoms with Crippen molar-refractivity contribution in [2.45, 2.75) is 13.3 Å². The van der Waals surface area contributed by atoms with E-state index in [1.807, 2.05) is 36.6 Å². The van der Waals surface area contributed by atoms with Gasteiger partial charge < -0.3 is 5.32 Å². The summed E-state index contributed by atoms with van der Waals surface area (Å²) in [4.78, 5) is 16.5. The molecule has 0 aliphatic carbocycles. The summed E-state index contributed by atoms with van der Waals surface area (Å²) in [6.45, 7) is 2.01. The van der Waals surface area contributed by atoms with Crippen LogP contribution in [0.3, 0.4) is 0 Å². The van der Waals surface area contributed by atoms with E-state index in [-0.39, 0.29) is 18.0 Å². The molecule has 1 heterocycles. The first-order chi connectivity index (χ1) is 11.5. The number of rotatable bonds is 4. The molecule has 3 nitrogen and oxygen atoms in total. The summed E-state index contributed by atoms with van der Waals surface area (Å²) in [5, 5.41) is 5.19. The van der Waals surface area contributed by atoms with Crippen molar-refractivity contribution >= 4 is 22.9 Å². The number of halogens is 2. The average Bonchev–Trinajstić information content (AvgIpc) is 3.00. The third kappa shape index (κ3) is 3.83. The lowest BCUT2D eigenvalue weighted by atomic mass is 10.2. The summed E-state index contributed by atoms with van der Waals surface area (Å²) >= 11 is 1.46. The van der Waals surface area contributed by atoms with Gasteiger partial charge >= 0.3 is 0 Å². The summed E-state index contributed by atoms with van der Waals surface area (Å²) < 4.78 is 26.0. The smallest absolute Gasteiger partial charge is 0.230 e. The Balaban J connectivity index is 1.66. The van der Waals surface area contributed by atoms with E-state index in [1.165, 1.54) is 23.0 Å². The van der Waals surface area contributed by atoms with Gasteiger partial charge in [-0.3, -0.25) is 4.79 Å². The minimum absolute atomic E-state index is 0.0708. The van der Waals surface area contributed by atoms with Crippen LogP contribution in [0.15, 0.2) is 47.8 Å². The maximum Gasteiger partial charge on any atom is 0.230 e. The van der Waals surface area contributed by atoms with Crippen molar-refractivity contribution in [3.8, 4) is 10.6 Å². The zero-order valence-corrected chi connectivity index (χ0v) is 13.7. The summed E-state index contributed by atoms with van der Waals surface area (Å²) in [7, 11) is 0. The molecule has 1 aromatic heterocycles. The van der Waals surface area contributed by atoms with Crippen molar-refractivity contribution in [3.63, 3.8) is 0 Å². The van der Waals surface area contributed by atoms with Crippen molar-refractivity contribution in [2.75, 3.05) is 5.32 Å². The zero-order chi connectivity index (χ0) is 17.1. The third-order valence-corrected chi connectivity index (χ3v) is 4.34. The van der Waals surface area contributed by atoms with Crippen LogP contribution in [0.4, 0.5) is 14.5 Å². The molecule has 0 spiro atoms. The predicted molar refractivity (Wildman–Crippen MR) is 91.0 cm³/mol. The van der Waals surface area contributed by atoms with Crippen molar-refractivity contribution in [1.82, 2.24) is 4.98 Å². The maximum absolute atomic E-state index is 13.1. The summed E-state index contributed by atoms with van der Waals surface area (Å²) in [5.41, 5.74) is 3.02. The molecular formula is C18H14F2N2OS. The Morgan fingerprint density at radius 1 is 1.12 bits per heavy atom. The first kappa shape index (κ1) is 16.3. The molecule has 122 valence electrons. The minimum Gasteiger partial charge on any atom is -0.326 e. The number of aromatic nitrogens is 1. The molecule has 1 N–H and O–H groups in total. The molecule has 0 saturated heterocycles. The number of carbonyl (C=O) groups excluding carboxylic acids is 1. The molecule has 3 rings (SSSR count). The van der Waals surface area contributed by atoms with E-state index in [1.54, 1.807) is 0 Å². The summed E-state index contributed by atoms with van der Waals surface area (Å²) in [6, 6.07) is 11.2. The zero-order valence-electron chi connectivity index (χ0n) is 12.8. The fourth-order valence-electron chi connectivity index (χ4n) is 2.16. The molecule has 0 radical (unpaired) electrons. The Morgan fingerprint density at radius 3 is 2.58 bits per heavy atom. The number of anilines is 1. The van der Waals surface area contributed by atoms with E-state index in [0.29, 0.717) is 5.69 Å². The molecule has 24 heavy (non-hydrogen) atoms. The SMILES string of the molecule is Cc1ccc(-c2nc(CC(=O)Nc3ccc(F)c(F)c3)cs2)cc1. The fourth-order valence-corrected chi connectivity index (χ4v) is 2.99. The maximum atomic E-state index is 13.1. The van der Waals surface area contributed by atoms with Gasteiger partial charge in [-0.1, -0.05) is 29.8 Å². The van der Waals surface area contributed by atoms with E-state index < -0.39 is 11.6 Å². The highest BCUT2D eigenvalue weighted by Crippen LogP contribution is 2.24. The number of hydrogen-bond acceptors (Lipinski definition) is 3. The monoisotopic (exact) mass is 344 g/mol. The minimum atomic E-state index is -0.997. The molecule has 2 aromatic carbocycles. The lowest BCUT2D eigenvalue weighted by Crippen LogP contribution is -2.14. The Kier molecular flexibility index (Phi) is 4.66. The highest BCUT2D eigenvalue weighted by Gasteiger charge is 2.10. The largest absolute Gasteiger partial charge is 0.326 e. The molecular weight excluding hydrogens is 330 g/mol. The van der Waals surface area contributed by atoms with Crippen LogP contribution in [0.2, 0.25) is 0 Å². The van der Waals surface area contributed by atoms with Crippen molar-refractivity contribution < 1.29 is 13.6 Å². The van der Waals surface area contributed by atoms with Gasteiger partial charge in [0.25, 0.3) is 0 Å². The highest BCUT2D eigenvalue weighted by molar-refractivity contribution is 7.13. The van der Waals surface area contributed by atoms with E-state index >= 15 is 0 Å². The van der Waals surface area contributed by atoms with Crippen molar-refractivity contribution in [1.29, 1.82) is 0 Å². The van der Waals surface area contributed by atoms with E-state index in [9.17, 15) is 13.6 Å². The van der Waals surface area contributed by atoms with Gasteiger partial charge in [0, 0.05) is 22.7 Å². The van der Waals surface area contributed by atoms with Gasteiger partial charge in [-0.05, 0) is 19.1 Å². The Hall–Kier alpha value is -2.60. The number of amides is 1. The number of hydrogen-bond donors (Lipinski definition) is 1. The van der Waals surface area contributed by atoms with Gasteiger partial charge in [-0.15, -0.1) is 11.3 Å². The highest BCUT2D eigenvalue weighted by atomic mass is 32.1. The standard InChI is InChI=1S/C18H14F2N2OS/c1-11-2-4-12(5-3-11)18-22-14(10-24-18)9-17(23)21-13-6-7-15(19)16(20)8-13/h2-8,10H,9H2,1H3,(H,21,23). The number of nitrogens with zero attached hydrogens (tertiary/aromatic N) is 1. The first-order valence-electron chi connectivity index (χ1n) is 7.27. The van der Waals surface area contributed by atoms with Gasteiger partial charge in [0.15, 0.2) is 11.6 Å². The number of carbonyl (C=O) groups is 1. The van der Waals surface area contributed by atoms with E-state index in [2.05, 4.69) is 10.3 Å². The van der Waals surface area contributed by atoms with Crippen LogP contribution in [0, 0.1) is 18.6 Å². The van der Waals surface area contributed by atoms with Gasteiger partial charge in [0.05, 0.1) is 12.1 Å². The number of thiazole rings is 1. The Bertz CT molecular complexity index is 875. The van der Waals surface area contributed by atoms with Crippen LogP contribution >= 0.6 is 11.3 Å². The van der Waals surface area contributed by atoms with Crippen LogP contribution in [-0.4, -0.2) is 10.9 Å². The lowest BCUT2D eigenvalue weighted by Gasteiger charge is -2.04. The molecule has 3 aromatic rings. The fraction of sp³-hybridized carbons (Fsp3) is 0.111. The summed E-state index contributed by atoms with van der Waals surface area (Å²) in [6.07, 6.45) is 0.0708. The Morgan fingerprint density at radius 2 is 1.88 bits per heavy atom. The van der Waals surface area contributed by atoms with Gasteiger partial charge in [-0.25, -0.2) is 13.8 Å². The molecule has 0 aliphatic heterocycles. The molecule has 0 aliphatic rings. The second kappa shape index (κ2) is 6.88. The second-order valence-corrected chi connectivity index (χ2v) is 6.22. The van der Waals surface area contributed by atoms with Crippen LogP contribution in [-0.2, 0) is 11.2 Å². The molecule has 0 saturated carbocycles. The summed E-state index contributed by atoms with van der Waals surface area (Å²) in [5.74, 6) is -2.28. The third-order valence-electron chi connectivity index (χ3n) is 3.40. The molecule has 0 atom stereocenters. The van der Waals surface area contributed by atoms with Crippen LogP contribution in [0.5, 0.6) is 0 Å². The quantitative estimate of drug-likeness (QED) is 0.753. The van der Waals surface area contributed by atoms with Crippen LogP contribution in [0.1, 0.15) is 11.3 Å². The number of benzene rings is 2. The van der Waals surface area contributed by atoms with Crippen molar-refractivity contribution in [2.24, 2.45) is 0 Å². The average molecular weight is 344 g/mol. The topological polar surface area (TPSA) is 42.0 Å². The molecule has 1 amide bonds. The van der Waals surface area contributed by atoms with E-state index in [0.717, 1.165) is 22.7 Å². The van der Waals surface area contributed by atoms with Crippen LogP contribution in [0.25, 0.3) is 10.6 Å². The lowest BCUT2D eigenvalue weighted by molar-refractivity contribution is -0.115. The second-order valence-electron chi connectivity index (χ2n) is 5.36. The molecule has 0 bridgehead atoms. The van der Waals surface area contributed by atoms with Crippen molar-refractivity contribution in [3.05, 3.63) is 70.7 Å². The van der Waals surface area contributed by atoms with E-state index in [4.69, 9.17) is 0 Å². The van der Waals surface area contributed by atoms with Gasteiger partial charge in [0.2, 0.25) is 5.91 Å². The molecule has 0 fully saturated rings. The number of aryl methyl sites for hydroxylation is 1. The molecule has 6 heteroatoms. The first-order valence-corrected chi connectivity index (χ1v) is 8.15. The Labute approximate surface area is 142 Å². The number of nitrogens with one attached hydrogen (secondary N) is 1.